The van der Waals surface area contributed by atoms with Crippen molar-refractivity contribution in [1.29, 1.82) is 0 Å². The maximum Gasteiger partial charge on any atom is 0.0462 e. The van der Waals surface area contributed by atoms with Crippen LogP contribution < -0.4 is 20.4 Å². The highest BCUT2D eigenvalue weighted by atomic mass is 127. The zero-order chi connectivity index (χ0) is 33.6. The Hall–Kier alpha value is -2.28. The summed E-state index contributed by atoms with van der Waals surface area (Å²) in [6, 6.07) is 53.2. The van der Waals surface area contributed by atoms with Crippen LogP contribution in [-0.2, 0) is 43.1 Å². The zero-order valence-electron chi connectivity index (χ0n) is 25.0. The molecular formula is C36H26I2N2O2P2S4-2. The van der Waals surface area contributed by atoms with Crippen molar-refractivity contribution in [3.8, 4) is 11.1 Å². The summed E-state index contributed by atoms with van der Waals surface area (Å²) in [5.41, 5.74) is 8.24. The monoisotopic (exact) mass is 962 g/mol. The van der Waals surface area contributed by atoms with Gasteiger partial charge in [-0.05, 0) is 108 Å². The van der Waals surface area contributed by atoms with E-state index < -0.39 is 24.8 Å². The summed E-state index contributed by atoms with van der Waals surface area (Å²) in [6.07, 6.45) is 0. The van der Waals surface area contributed by atoms with E-state index in [0.717, 1.165) is 55.9 Å². The van der Waals surface area contributed by atoms with Gasteiger partial charge in [0.25, 0.3) is 0 Å². The van der Waals surface area contributed by atoms with Gasteiger partial charge in [-0.15, -0.1) is 0 Å². The molecule has 0 fully saturated rings. The maximum atomic E-state index is 12.6. The number of halogens is 2. The smallest absolute Gasteiger partial charge is 0.0462 e. The van der Waals surface area contributed by atoms with Crippen LogP contribution in [0.25, 0.3) is 11.1 Å². The minimum atomic E-state index is -1.60. The molecule has 0 saturated carbocycles. The average molecular weight is 963 g/mol. The van der Waals surface area contributed by atoms with Gasteiger partial charge < -0.3 is 18.9 Å². The van der Waals surface area contributed by atoms with Crippen LogP contribution in [0.5, 0.6) is 0 Å². The molecule has 0 saturated heterocycles. The van der Waals surface area contributed by atoms with E-state index in [1.54, 1.807) is 0 Å². The number of hydrogen-bond acceptors (Lipinski definition) is 8. The van der Waals surface area contributed by atoms with Gasteiger partial charge in [-0.3, -0.25) is 34.0 Å². The van der Waals surface area contributed by atoms with Crippen molar-refractivity contribution < 1.29 is 9.13 Å². The Morgan fingerprint density at radius 2 is 0.646 bits per heavy atom. The number of hydrogen-bond donors (Lipinski definition) is 0. The molecule has 0 aromatic heterocycles. The molecule has 0 N–H and O–H groups in total. The van der Waals surface area contributed by atoms with Crippen LogP contribution in [0.4, 0.5) is 34.1 Å². The van der Waals surface area contributed by atoms with E-state index in [1.165, 1.54) is 0 Å². The van der Waals surface area contributed by atoms with Crippen molar-refractivity contribution in [1.82, 2.24) is 0 Å². The van der Waals surface area contributed by atoms with Gasteiger partial charge >= 0.3 is 0 Å². The molecule has 6 aromatic rings. The van der Waals surface area contributed by atoms with Crippen LogP contribution in [0.2, 0.25) is 0 Å². The number of nitrogens with zero attached hydrogens (tertiary/aromatic N) is 2. The Morgan fingerprint density at radius 1 is 0.396 bits per heavy atom. The van der Waals surface area contributed by atoms with Gasteiger partial charge in [0.05, 0.1) is 0 Å². The lowest BCUT2D eigenvalue weighted by Gasteiger charge is -2.26. The molecule has 0 bridgehead atoms. The second-order valence-corrected chi connectivity index (χ2v) is 34.0. The molecule has 48 heavy (non-hydrogen) atoms. The van der Waals surface area contributed by atoms with Crippen LogP contribution in [0.15, 0.2) is 158 Å². The molecule has 0 aliphatic rings. The predicted molar refractivity (Wildman–Crippen MR) is 233 cm³/mol. The van der Waals surface area contributed by atoms with E-state index in [9.17, 15) is 9.13 Å². The molecule has 6 aromatic carbocycles. The number of benzene rings is 6. The molecule has 0 heterocycles. The molecule has 6 rings (SSSR count). The minimum Gasteiger partial charge on any atom is -0.311 e. The zero-order valence-corrected chi connectivity index (χ0v) is 34.4. The Bertz CT molecular complexity index is 2150. The number of anilines is 6. The molecule has 0 spiro atoms. The molecule has 0 aliphatic heterocycles. The topological polar surface area (TPSA) is 40.6 Å². The standard InChI is InChI=1S/C36H26I2N2O2P2S4/c37-47(45)43(41)35-23-19-33(20-24-35)39(29-7-3-1-4-8-29)31-15-11-27(12-16-31)28-13-17-32(18-14-28)40(30-9-5-2-6-10-30)34-21-25-36(26-22-34)44(42)48(38)46/h1-26H/q-2. The Balaban J connectivity index is 1.31. The van der Waals surface area contributed by atoms with E-state index in [0.29, 0.717) is 0 Å². The van der Waals surface area contributed by atoms with E-state index in [2.05, 4.69) is 125 Å². The van der Waals surface area contributed by atoms with Crippen LogP contribution in [0.1, 0.15) is 0 Å². The third-order valence-corrected chi connectivity index (χ3v) is 21.2. The molecular weight excluding hydrogens is 936 g/mol. The van der Waals surface area contributed by atoms with Crippen LogP contribution in [0.3, 0.4) is 0 Å². The predicted octanol–water partition coefficient (Wildman–Crippen LogP) is 11.9. The summed E-state index contributed by atoms with van der Waals surface area (Å²) in [4.78, 5) is 4.38. The second kappa shape index (κ2) is 16.6. The van der Waals surface area contributed by atoms with Crippen LogP contribution >= 0.6 is 55.6 Å². The quantitative estimate of drug-likeness (QED) is 0.0622. The Morgan fingerprint density at radius 3 is 0.917 bits per heavy atom. The van der Waals surface area contributed by atoms with Crippen molar-refractivity contribution in [3.63, 3.8) is 0 Å². The van der Waals surface area contributed by atoms with Gasteiger partial charge in [0.1, 0.15) is 0 Å². The summed E-state index contributed by atoms with van der Waals surface area (Å²) in [5.74, 6) is -1.23. The molecule has 12 heteroatoms. The first kappa shape index (κ1) is 35.5. The van der Waals surface area contributed by atoms with Crippen molar-refractivity contribution in [2.24, 2.45) is 0 Å². The summed E-state index contributed by atoms with van der Waals surface area (Å²) in [5, 5.41) is 1.55. The summed E-state index contributed by atoms with van der Waals surface area (Å²) >= 11 is 14.7. The van der Waals surface area contributed by atoms with Crippen LogP contribution in [-0.4, -0.2) is 0 Å². The van der Waals surface area contributed by atoms with Gasteiger partial charge in [0.2, 0.25) is 0 Å². The van der Waals surface area contributed by atoms with Crippen molar-refractivity contribution in [3.05, 3.63) is 158 Å². The minimum absolute atomic E-state index is 0.616. The molecule has 0 aliphatic carbocycles. The fourth-order valence-corrected chi connectivity index (χ4v) is 13.8. The summed E-state index contributed by atoms with van der Waals surface area (Å²) in [7, 11) is 0. The van der Waals surface area contributed by atoms with Crippen molar-refractivity contribution >= 4 is 134 Å². The lowest BCUT2D eigenvalue weighted by molar-refractivity contribution is 0.601. The fraction of sp³-hybridized carbons (Fsp3) is 0. The number of para-hydroxylation sites is 2. The van der Waals surface area contributed by atoms with E-state index in [4.69, 9.17) is 22.4 Å². The molecule has 2 atom stereocenters. The molecule has 0 radical (unpaired) electrons. The molecule has 0 amide bonds. The highest BCUT2D eigenvalue weighted by Crippen LogP contribution is 2.38. The van der Waals surface area contributed by atoms with Gasteiger partial charge in [-0.2, -0.15) is 0 Å². The lowest BCUT2D eigenvalue weighted by atomic mass is 10.0. The highest BCUT2D eigenvalue weighted by Gasteiger charge is 2.15. The van der Waals surface area contributed by atoms with Gasteiger partial charge in [-0.25, -0.2) is 42.4 Å². The van der Waals surface area contributed by atoms with Crippen LogP contribution in [0, 0.1) is 0 Å². The summed E-state index contributed by atoms with van der Waals surface area (Å²) in [6.45, 7) is -3.20. The maximum absolute atomic E-state index is 12.6. The summed E-state index contributed by atoms with van der Waals surface area (Å²) < 4.78 is 25.2. The normalized spacial score (nSPS) is 12.9. The molecule has 4 nitrogen and oxygen atoms in total. The second-order valence-electron chi connectivity index (χ2n) is 10.4. The van der Waals surface area contributed by atoms with Gasteiger partial charge in [-0.1, -0.05) is 60.7 Å². The van der Waals surface area contributed by atoms with Crippen molar-refractivity contribution in [2.75, 3.05) is 9.80 Å². The first-order valence-corrected chi connectivity index (χ1v) is 27.6. The first-order chi connectivity index (χ1) is 23.3. The lowest BCUT2D eigenvalue weighted by Crippen LogP contribution is -2.10. The van der Waals surface area contributed by atoms with E-state index >= 15 is 0 Å². The molecule has 2 unspecified atom stereocenters. The first-order valence-electron chi connectivity index (χ1n) is 14.5. The van der Waals surface area contributed by atoms with Crippen molar-refractivity contribution in [2.45, 2.75) is 0 Å². The van der Waals surface area contributed by atoms with Gasteiger partial charge in [0, 0.05) is 57.9 Å². The third-order valence-electron chi connectivity index (χ3n) is 7.51. The Labute approximate surface area is 318 Å². The Kier molecular flexibility index (Phi) is 12.3. The highest BCUT2D eigenvalue weighted by molar-refractivity contribution is 14.2. The van der Waals surface area contributed by atoms with E-state index in [1.807, 2.05) is 84.9 Å². The largest absolute Gasteiger partial charge is 0.311 e. The van der Waals surface area contributed by atoms with E-state index in [-0.39, 0.29) is 0 Å². The fourth-order valence-electron chi connectivity index (χ4n) is 5.27. The SMILES string of the molecule is O=P(c1ccc(N(c2ccccc2)c2ccc(-c3ccc(N(c4ccccc4)c4ccc(P(=O)=[S-](=S)I)cc4)cc3)cc2)cc1)=[S-](=S)I. The van der Waals surface area contributed by atoms with Gasteiger partial charge in [0.15, 0.2) is 0 Å². The molecule has 242 valence electrons. The average Bonchev–Trinajstić information content (AvgIpc) is 3.13. The third kappa shape index (κ3) is 8.36. The number of rotatable bonds is 9.